The molecular formula is C25H29N4O4+. The number of methoxy groups -OCH3 is 1. The summed E-state index contributed by atoms with van der Waals surface area (Å²) in [7, 11) is 7.22. The van der Waals surface area contributed by atoms with E-state index in [1.54, 1.807) is 37.3 Å². The fraction of sp³-hybridized carbons (Fsp3) is 0.360. The number of benzene rings is 2. The molecule has 0 spiro atoms. The molecule has 2 aliphatic rings. The second-order valence-electron chi connectivity index (χ2n) is 9.39. The molecule has 3 heterocycles. The number of hydrogen-bond acceptors (Lipinski definition) is 5. The van der Waals surface area contributed by atoms with Gasteiger partial charge in [0.15, 0.2) is 6.04 Å². The Labute approximate surface area is 192 Å². The Hall–Kier alpha value is -3.36. The topological polar surface area (TPSA) is 85.9 Å². The molecule has 3 aromatic rings. The summed E-state index contributed by atoms with van der Waals surface area (Å²) in [5.41, 5.74) is 3.58. The lowest BCUT2D eigenvalue weighted by Gasteiger charge is -2.34. The number of aromatic hydroxyl groups is 1. The van der Waals surface area contributed by atoms with Crippen LogP contribution in [0, 0.1) is 0 Å². The van der Waals surface area contributed by atoms with Crippen LogP contribution in [-0.4, -0.2) is 83.7 Å². The van der Waals surface area contributed by atoms with Crippen LogP contribution in [0.3, 0.4) is 0 Å². The van der Waals surface area contributed by atoms with Crippen LogP contribution in [0.2, 0.25) is 0 Å². The number of ether oxygens (including phenoxy) is 1. The highest BCUT2D eigenvalue weighted by Crippen LogP contribution is 2.46. The van der Waals surface area contributed by atoms with E-state index in [-0.39, 0.29) is 22.2 Å². The van der Waals surface area contributed by atoms with Crippen molar-refractivity contribution in [1.29, 1.82) is 0 Å². The minimum absolute atomic E-state index is 0.0881. The van der Waals surface area contributed by atoms with E-state index in [1.165, 1.54) is 0 Å². The molecule has 172 valence electrons. The Morgan fingerprint density at radius 2 is 2.00 bits per heavy atom. The zero-order chi connectivity index (χ0) is 23.5. The normalized spacial score (nSPS) is 24.5. The molecule has 3 atom stereocenters. The van der Waals surface area contributed by atoms with Gasteiger partial charge in [0.2, 0.25) is 0 Å². The summed E-state index contributed by atoms with van der Waals surface area (Å²) in [6.45, 7) is 1.03. The Kier molecular flexibility index (Phi) is 4.95. The van der Waals surface area contributed by atoms with Gasteiger partial charge in [0.05, 0.1) is 14.2 Å². The summed E-state index contributed by atoms with van der Waals surface area (Å²) in [6.07, 6.45) is 0.443. The van der Waals surface area contributed by atoms with Gasteiger partial charge in [-0.2, -0.15) is 4.48 Å². The molecule has 8 nitrogen and oxygen atoms in total. The molecule has 8 heteroatoms. The highest BCUT2D eigenvalue weighted by atomic mass is 16.5. The number of carbonyl (C=O) groups excluding carboxylic acids is 2. The summed E-state index contributed by atoms with van der Waals surface area (Å²) in [5.74, 6) is 0.771. The number of aromatic nitrogens is 1. The van der Waals surface area contributed by atoms with E-state index in [9.17, 15) is 14.7 Å². The van der Waals surface area contributed by atoms with Crippen LogP contribution < -0.4 is 4.74 Å². The highest BCUT2D eigenvalue weighted by Gasteiger charge is 2.62. The average Bonchev–Trinajstić information content (AvgIpc) is 3.25. The molecule has 33 heavy (non-hydrogen) atoms. The molecule has 3 amide bonds. The summed E-state index contributed by atoms with van der Waals surface area (Å²) in [5, 5.41) is 11.2. The van der Waals surface area contributed by atoms with Crippen LogP contribution >= 0.6 is 0 Å². The van der Waals surface area contributed by atoms with Crippen LogP contribution in [0.1, 0.15) is 22.9 Å². The number of aromatic amines is 1. The predicted octanol–water partition coefficient (Wildman–Crippen LogP) is 2.87. The van der Waals surface area contributed by atoms with E-state index in [0.29, 0.717) is 19.5 Å². The van der Waals surface area contributed by atoms with Gasteiger partial charge in [-0.15, -0.1) is 0 Å². The minimum Gasteiger partial charge on any atom is -0.508 e. The number of phenolic OH excluding ortho intramolecular Hbond substituents is 1. The monoisotopic (exact) mass is 449 g/mol. The van der Waals surface area contributed by atoms with Gasteiger partial charge in [-0.1, -0.05) is 12.1 Å². The van der Waals surface area contributed by atoms with E-state index >= 15 is 0 Å². The SMILES string of the molecule is COc1ccc2[nH]c3c(c2c1)CC1C(=O)[N+](C)(CCN(C)C)C(=O)N1C3c1cccc(O)c1. The van der Waals surface area contributed by atoms with E-state index in [0.717, 1.165) is 33.5 Å². The second kappa shape index (κ2) is 7.60. The number of likely N-dealkylation sites (N-methyl/N-ethyl adjacent to an activating group) is 2. The first kappa shape index (κ1) is 21.5. The summed E-state index contributed by atoms with van der Waals surface area (Å²) >= 11 is 0. The third kappa shape index (κ3) is 3.20. The molecule has 1 saturated heterocycles. The van der Waals surface area contributed by atoms with Crippen molar-refractivity contribution < 1.29 is 23.9 Å². The zero-order valence-electron chi connectivity index (χ0n) is 19.3. The molecule has 1 aromatic heterocycles. The zero-order valence-corrected chi connectivity index (χ0v) is 19.3. The van der Waals surface area contributed by atoms with Crippen molar-refractivity contribution in [3.8, 4) is 11.5 Å². The maximum absolute atomic E-state index is 13.8. The summed E-state index contributed by atoms with van der Waals surface area (Å²) in [4.78, 5) is 34.8. The van der Waals surface area contributed by atoms with E-state index in [4.69, 9.17) is 4.74 Å². The molecule has 1 fully saturated rings. The molecule has 5 rings (SSSR count). The summed E-state index contributed by atoms with van der Waals surface area (Å²) < 4.78 is 5.18. The number of carbonyl (C=O) groups is 2. The van der Waals surface area contributed by atoms with Crippen molar-refractivity contribution in [3.63, 3.8) is 0 Å². The first-order chi connectivity index (χ1) is 15.7. The number of fused-ring (bicyclic) bond motifs is 4. The van der Waals surface area contributed by atoms with Crippen LogP contribution in [-0.2, 0) is 11.2 Å². The van der Waals surface area contributed by atoms with Crippen molar-refractivity contribution in [1.82, 2.24) is 14.8 Å². The molecule has 2 aromatic carbocycles. The quantitative estimate of drug-likeness (QED) is 0.462. The van der Waals surface area contributed by atoms with E-state index < -0.39 is 12.1 Å². The van der Waals surface area contributed by atoms with Crippen molar-refractivity contribution in [3.05, 3.63) is 59.3 Å². The molecule has 3 unspecified atom stereocenters. The van der Waals surface area contributed by atoms with Gasteiger partial charge in [0.25, 0.3) is 0 Å². The van der Waals surface area contributed by atoms with Gasteiger partial charge in [-0.25, -0.2) is 9.59 Å². The van der Waals surface area contributed by atoms with Crippen LogP contribution in [0.25, 0.3) is 10.9 Å². The number of rotatable bonds is 5. The van der Waals surface area contributed by atoms with Gasteiger partial charge in [-0.3, -0.25) is 4.90 Å². The van der Waals surface area contributed by atoms with Crippen molar-refractivity contribution >= 4 is 22.8 Å². The van der Waals surface area contributed by atoms with Gasteiger partial charge in [0.1, 0.15) is 24.1 Å². The lowest BCUT2D eigenvalue weighted by atomic mass is 9.88. The molecule has 2 N–H and O–H groups in total. The van der Waals surface area contributed by atoms with Gasteiger partial charge in [-0.05, 0) is 55.6 Å². The van der Waals surface area contributed by atoms with E-state index in [2.05, 4.69) is 4.98 Å². The molecule has 0 saturated carbocycles. The molecule has 2 aliphatic heterocycles. The number of nitrogens with zero attached hydrogens (tertiary/aromatic N) is 3. The Balaban J connectivity index is 1.70. The number of quaternary nitrogens is 1. The molecule has 0 aliphatic carbocycles. The lowest BCUT2D eigenvalue weighted by Crippen LogP contribution is -2.53. The summed E-state index contributed by atoms with van der Waals surface area (Å²) in [6, 6.07) is 11.5. The predicted molar refractivity (Wildman–Crippen MR) is 124 cm³/mol. The first-order valence-electron chi connectivity index (χ1n) is 11.1. The minimum atomic E-state index is -0.574. The Bertz CT molecular complexity index is 1270. The maximum atomic E-state index is 13.8. The Morgan fingerprint density at radius 3 is 2.70 bits per heavy atom. The number of nitrogens with one attached hydrogen (secondary N) is 1. The number of imide groups is 1. The molecule has 0 bridgehead atoms. The number of phenols is 1. The number of urea groups is 1. The van der Waals surface area contributed by atoms with Crippen molar-refractivity contribution in [2.75, 3.05) is 41.3 Å². The van der Waals surface area contributed by atoms with Crippen LogP contribution in [0.5, 0.6) is 11.5 Å². The first-order valence-corrected chi connectivity index (χ1v) is 11.1. The fourth-order valence-electron chi connectivity index (χ4n) is 5.19. The number of H-pyrrole nitrogens is 1. The number of hydrogen-bond donors (Lipinski definition) is 2. The number of amides is 3. The lowest BCUT2D eigenvalue weighted by molar-refractivity contribution is -0.747. The van der Waals surface area contributed by atoms with Gasteiger partial charge < -0.3 is 19.7 Å². The Morgan fingerprint density at radius 1 is 1.21 bits per heavy atom. The largest absolute Gasteiger partial charge is 0.508 e. The average molecular weight is 450 g/mol. The van der Waals surface area contributed by atoms with Crippen molar-refractivity contribution in [2.45, 2.75) is 18.5 Å². The standard InChI is InChI=1S/C25H28N4O4/c1-27(2)10-11-29(3)24(31)21-14-19-18-13-17(33-4)8-9-20(18)26-22(19)23(28(21)25(29)32)15-6-5-7-16(30)12-15/h5-9,12-13,21,23,26H,10-11,14H2,1-4H3/p+1. The fourth-order valence-corrected chi connectivity index (χ4v) is 5.19. The third-order valence-corrected chi connectivity index (χ3v) is 7.03. The molecule has 0 radical (unpaired) electrons. The highest BCUT2D eigenvalue weighted by molar-refractivity contribution is 5.97. The van der Waals surface area contributed by atoms with Crippen LogP contribution in [0.4, 0.5) is 4.79 Å². The smallest absolute Gasteiger partial charge is 0.428 e. The van der Waals surface area contributed by atoms with Gasteiger partial charge in [0, 0.05) is 29.6 Å². The van der Waals surface area contributed by atoms with E-state index in [1.807, 2.05) is 43.3 Å². The maximum Gasteiger partial charge on any atom is 0.428 e. The van der Waals surface area contributed by atoms with Crippen molar-refractivity contribution in [2.24, 2.45) is 0 Å². The third-order valence-electron chi connectivity index (χ3n) is 7.03. The molecular weight excluding hydrogens is 420 g/mol. The van der Waals surface area contributed by atoms with Gasteiger partial charge >= 0.3 is 11.9 Å². The second-order valence-corrected chi connectivity index (χ2v) is 9.39. The van der Waals surface area contributed by atoms with Crippen LogP contribution in [0.15, 0.2) is 42.5 Å².